The van der Waals surface area contributed by atoms with Crippen molar-refractivity contribution in [3.05, 3.63) is 66.0 Å². The number of rotatable bonds is 4. The highest BCUT2D eigenvalue weighted by molar-refractivity contribution is 6.05. The fourth-order valence-electron chi connectivity index (χ4n) is 1.60. The predicted molar refractivity (Wildman–Crippen MR) is 74.1 cm³/mol. The van der Waals surface area contributed by atoms with Crippen LogP contribution in [0.3, 0.4) is 0 Å². The van der Waals surface area contributed by atoms with Gasteiger partial charge in [-0.2, -0.15) is 0 Å². The van der Waals surface area contributed by atoms with Gasteiger partial charge in [0.25, 0.3) is 0 Å². The molecule has 4 nitrogen and oxygen atoms in total. The van der Waals surface area contributed by atoms with Crippen molar-refractivity contribution < 1.29 is 9.90 Å². The summed E-state index contributed by atoms with van der Waals surface area (Å²) < 4.78 is 0. The number of hydrogen-bond donors (Lipinski definition) is 2. The van der Waals surface area contributed by atoms with E-state index in [1.54, 1.807) is 31.3 Å². The highest BCUT2D eigenvalue weighted by Gasteiger charge is 2.04. The zero-order valence-corrected chi connectivity index (χ0v) is 10.5. The minimum Gasteiger partial charge on any atom is -0.504 e. The van der Waals surface area contributed by atoms with E-state index in [0.29, 0.717) is 17.1 Å². The van der Waals surface area contributed by atoms with E-state index in [1.807, 2.05) is 18.2 Å². The van der Waals surface area contributed by atoms with E-state index in [1.165, 1.54) is 12.1 Å². The summed E-state index contributed by atoms with van der Waals surface area (Å²) in [7, 11) is 0. The normalized spacial score (nSPS) is 11.1. The molecule has 0 fully saturated rings. The van der Waals surface area contributed by atoms with Crippen LogP contribution in [0.2, 0.25) is 0 Å². The van der Waals surface area contributed by atoms with Crippen molar-refractivity contribution in [1.82, 2.24) is 4.98 Å². The second kappa shape index (κ2) is 5.82. The van der Waals surface area contributed by atoms with Crippen LogP contribution in [0.5, 0.6) is 5.75 Å². The number of nitrogens with one attached hydrogen (secondary N) is 1. The van der Waals surface area contributed by atoms with E-state index >= 15 is 0 Å². The molecule has 0 radical (unpaired) electrons. The number of allylic oxidation sites excluding steroid dienone is 2. The van der Waals surface area contributed by atoms with Crippen LogP contribution in [0.25, 0.3) is 0 Å². The Hall–Kier alpha value is -2.62. The number of aromatic nitrogens is 1. The highest BCUT2D eigenvalue weighted by Crippen LogP contribution is 2.19. The van der Waals surface area contributed by atoms with Gasteiger partial charge in [-0.3, -0.25) is 4.79 Å². The molecule has 0 spiro atoms. The first-order valence-corrected chi connectivity index (χ1v) is 5.85. The molecular weight excluding hydrogens is 240 g/mol. The number of carbonyl (C=O) groups is 1. The maximum absolute atomic E-state index is 11.9. The Labute approximate surface area is 111 Å². The van der Waals surface area contributed by atoms with E-state index in [4.69, 9.17) is 0 Å². The summed E-state index contributed by atoms with van der Waals surface area (Å²) in [5.41, 5.74) is 1.23. The zero-order chi connectivity index (χ0) is 13.7. The van der Waals surface area contributed by atoms with Gasteiger partial charge in [0.2, 0.25) is 0 Å². The van der Waals surface area contributed by atoms with E-state index in [0.717, 1.165) is 0 Å². The fraction of sp³-hybridized carbons (Fsp3) is 0.0667. The number of pyridine rings is 1. The SMILES string of the molecule is CC(=CC(=O)c1ccccc1)Nc1ncccc1O. The average molecular weight is 254 g/mol. The van der Waals surface area contributed by atoms with Gasteiger partial charge in [-0.15, -0.1) is 0 Å². The minimum atomic E-state index is -0.0963. The number of nitrogens with zero attached hydrogens (tertiary/aromatic N) is 1. The lowest BCUT2D eigenvalue weighted by Crippen LogP contribution is -2.02. The van der Waals surface area contributed by atoms with E-state index in [9.17, 15) is 9.90 Å². The number of carbonyl (C=O) groups excluding carboxylic acids is 1. The lowest BCUT2D eigenvalue weighted by Gasteiger charge is -2.06. The van der Waals surface area contributed by atoms with Crippen molar-refractivity contribution >= 4 is 11.6 Å². The second-order valence-electron chi connectivity index (χ2n) is 4.05. The molecule has 0 unspecified atom stereocenters. The maximum atomic E-state index is 11.9. The van der Waals surface area contributed by atoms with Crippen molar-refractivity contribution in [2.75, 3.05) is 5.32 Å². The lowest BCUT2D eigenvalue weighted by molar-refractivity contribution is 0.104. The quantitative estimate of drug-likeness (QED) is 0.650. The fourth-order valence-corrected chi connectivity index (χ4v) is 1.60. The number of hydrogen-bond acceptors (Lipinski definition) is 4. The van der Waals surface area contributed by atoms with E-state index < -0.39 is 0 Å². The molecular formula is C15H14N2O2. The van der Waals surface area contributed by atoms with Gasteiger partial charge in [0.1, 0.15) is 0 Å². The Bertz CT molecular complexity index is 607. The number of aromatic hydroxyl groups is 1. The summed E-state index contributed by atoms with van der Waals surface area (Å²) in [6.45, 7) is 1.74. The van der Waals surface area contributed by atoms with Crippen LogP contribution >= 0.6 is 0 Å². The molecule has 0 saturated heterocycles. The molecule has 0 aliphatic heterocycles. The maximum Gasteiger partial charge on any atom is 0.187 e. The average Bonchev–Trinajstić information content (AvgIpc) is 2.42. The molecule has 0 aliphatic carbocycles. The molecule has 1 heterocycles. The van der Waals surface area contributed by atoms with Gasteiger partial charge in [0.15, 0.2) is 17.4 Å². The van der Waals surface area contributed by atoms with Crippen molar-refractivity contribution in [3.8, 4) is 5.75 Å². The number of benzene rings is 1. The van der Waals surface area contributed by atoms with Gasteiger partial charge < -0.3 is 10.4 Å². The molecule has 1 aromatic heterocycles. The Morgan fingerprint density at radius 3 is 2.63 bits per heavy atom. The van der Waals surface area contributed by atoms with Gasteiger partial charge in [0, 0.05) is 23.5 Å². The summed E-state index contributed by atoms with van der Waals surface area (Å²) in [6, 6.07) is 12.2. The van der Waals surface area contributed by atoms with Crippen LogP contribution in [-0.2, 0) is 0 Å². The first kappa shape index (κ1) is 12.8. The molecule has 0 atom stereocenters. The molecule has 2 N–H and O–H groups in total. The molecule has 0 aliphatic rings. The number of ketones is 1. The van der Waals surface area contributed by atoms with Gasteiger partial charge in [0.05, 0.1) is 0 Å². The van der Waals surface area contributed by atoms with E-state index in [-0.39, 0.29) is 11.5 Å². The van der Waals surface area contributed by atoms with Gasteiger partial charge in [-0.25, -0.2) is 4.98 Å². The van der Waals surface area contributed by atoms with Crippen LogP contribution in [0.4, 0.5) is 5.82 Å². The summed E-state index contributed by atoms with van der Waals surface area (Å²) in [4.78, 5) is 15.9. The van der Waals surface area contributed by atoms with Crippen molar-refractivity contribution in [2.45, 2.75) is 6.92 Å². The summed E-state index contributed by atoms with van der Waals surface area (Å²) in [5.74, 6) is 0.278. The van der Waals surface area contributed by atoms with Crippen LogP contribution in [0, 0.1) is 0 Å². The summed E-state index contributed by atoms with van der Waals surface area (Å²) >= 11 is 0. The monoisotopic (exact) mass is 254 g/mol. The second-order valence-corrected chi connectivity index (χ2v) is 4.05. The molecule has 1 aromatic carbocycles. The van der Waals surface area contributed by atoms with Gasteiger partial charge in [-0.1, -0.05) is 30.3 Å². The first-order valence-electron chi connectivity index (χ1n) is 5.85. The van der Waals surface area contributed by atoms with Gasteiger partial charge >= 0.3 is 0 Å². The largest absolute Gasteiger partial charge is 0.504 e. The molecule has 96 valence electrons. The van der Waals surface area contributed by atoms with Crippen molar-refractivity contribution in [2.24, 2.45) is 0 Å². The van der Waals surface area contributed by atoms with Gasteiger partial charge in [-0.05, 0) is 19.1 Å². The molecule has 2 aromatic rings. The molecule has 4 heteroatoms. The Balaban J connectivity index is 2.12. The standard InChI is InChI=1S/C15H14N2O2/c1-11(17-15-13(18)8-5-9-16-15)10-14(19)12-6-3-2-4-7-12/h2-10,18H,1H3,(H,16,17). The highest BCUT2D eigenvalue weighted by atomic mass is 16.3. The Morgan fingerprint density at radius 2 is 1.95 bits per heavy atom. The topological polar surface area (TPSA) is 62.2 Å². The minimum absolute atomic E-state index is 0.0439. The summed E-state index contributed by atoms with van der Waals surface area (Å²) in [5, 5.41) is 12.5. The molecule has 2 rings (SSSR count). The number of anilines is 1. The molecule has 0 bridgehead atoms. The third kappa shape index (κ3) is 3.42. The zero-order valence-electron chi connectivity index (χ0n) is 10.5. The summed E-state index contributed by atoms with van der Waals surface area (Å²) in [6.07, 6.45) is 3.04. The molecule has 19 heavy (non-hydrogen) atoms. The van der Waals surface area contributed by atoms with Crippen molar-refractivity contribution in [3.63, 3.8) is 0 Å². The van der Waals surface area contributed by atoms with Crippen LogP contribution < -0.4 is 5.32 Å². The molecule has 0 saturated carbocycles. The third-order valence-corrected chi connectivity index (χ3v) is 2.51. The lowest BCUT2D eigenvalue weighted by atomic mass is 10.1. The Morgan fingerprint density at radius 1 is 1.21 bits per heavy atom. The smallest absolute Gasteiger partial charge is 0.187 e. The van der Waals surface area contributed by atoms with Crippen LogP contribution in [0.1, 0.15) is 17.3 Å². The van der Waals surface area contributed by atoms with Crippen molar-refractivity contribution in [1.29, 1.82) is 0 Å². The predicted octanol–water partition coefficient (Wildman–Crippen LogP) is 2.99. The van der Waals surface area contributed by atoms with Crippen LogP contribution in [0.15, 0.2) is 60.4 Å². The van der Waals surface area contributed by atoms with E-state index in [2.05, 4.69) is 10.3 Å². The third-order valence-electron chi connectivity index (χ3n) is 2.51. The molecule has 0 amide bonds. The van der Waals surface area contributed by atoms with Crippen LogP contribution in [-0.4, -0.2) is 15.9 Å². The first-order chi connectivity index (χ1) is 9.16. The Kier molecular flexibility index (Phi) is 3.93.